The van der Waals surface area contributed by atoms with Gasteiger partial charge in [0.05, 0.1) is 24.9 Å². The Morgan fingerprint density at radius 2 is 2.00 bits per heavy atom. The molecule has 1 aromatic rings. The summed E-state index contributed by atoms with van der Waals surface area (Å²) in [6.07, 6.45) is -1.44. The van der Waals surface area contributed by atoms with Gasteiger partial charge >= 0.3 is 12.1 Å². The van der Waals surface area contributed by atoms with Crippen LogP contribution in [0.15, 0.2) is 12.4 Å². The SMILES string of the molecule is CCOC(=O)C1CCN(c2cnc(C(F)(F)F)cn2)CC1. The summed E-state index contributed by atoms with van der Waals surface area (Å²) in [5.41, 5.74) is -1.01. The summed E-state index contributed by atoms with van der Waals surface area (Å²) in [7, 11) is 0. The minimum absolute atomic E-state index is 0.149. The lowest BCUT2D eigenvalue weighted by atomic mass is 9.97. The van der Waals surface area contributed by atoms with E-state index in [9.17, 15) is 18.0 Å². The van der Waals surface area contributed by atoms with Gasteiger partial charge in [-0.2, -0.15) is 13.2 Å². The fraction of sp³-hybridized carbons (Fsp3) is 0.615. The van der Waals surface area contributed by atoms with Crippen molar-refractivity contribution in [2.45, 2.75) is 25.9 Å². The number of hydrogen-bond donors (Lipinski definition) is 0. The lowest BCUT2D eigenvalue weighted by Crippen LogP contribution is -2.37. The first kappa shape index (κ1) is 15.5. The Morgan fingerprint density at radius 3 is 2.48 bits per heavy atom. The maximum absolute atomic E-state index is 12.4. The number of carbonyl (C=O) groups excluding carboxylic acids is 1. The summed E-state index contributed by atoms with van der Waals surface area (Å²) >= 11 is 0. The summed E-state index contributed by atoms with van der Waals surface area (Å²) in [6.45, 7) is 3.20. The maximum Gasteiger partial charge on any atom is 0.434 e. The molecule has 2 heterocycles. The molecule has 0 bridgehead atoms. The molecule has 0 aromatic carbocycles. The number of anilines is 1. The van der Waals surface area contributed by atoms with Gasteiger partial charge in [-0.15, -0.1) is 0 Å². The first-order valence-electron chi connectivity index (χ1n) is 6.72. The summed E-state index contributed by atoms with van der Waals surface area (Å²) < 4.78 is 42.2. The van der Waals surface area contributed by atoms with Crippen LogP contribution in [0.3, 0.4) is 0 Å². The molecule has 116 valence electrons. The van der Waals surface area contributed by atoms with Crippen molar-refractivity contribution >= 4 is 11.8 Å². The highest BCUT2D eigenvalue weighted by Crippen LogP contribution is 2.28. The number of nitrogens with zero attached hydrogens (tertiary/aromatic N) is 3. The number of piperidine rings is 1. The third-order valence-electron chi connectivity index (χ3n) is 3.37. The van der Waals surface area contributed by atoms with E-state index in [1.807, 2.05) is 4.90 Å². The van der Waals surface area contributed by atoms with Crippen molar-refractivity contribution in [3.63, 3.8) is 0 Å². The number of halogens is 3. The van der Waals surface area contributed by atoms with Gasteiger partial charge in [0.1, 0.15) is 5.82 Å². The molecule has 0 unspecified atom stereocenters. The van der Waals surface area contributed by atoms with Crippen LogP contribution in [0, 0.1) is 5.92 Å². The van der Waals surface area contributed by atoms with Crippen molar-refractivity contribution in [3.05, 3.63) is 18.1 Å². The molecule has 0 amide bonds. The number of ether oxygens (including phenoxy) is 1. The molecule has 1 aromatic heterocycles. The number of hydrogen-bond acceptors (Lipinski definition) is 5. The molecule has 21 heavy (non-hydrogen) atoms. The fourth-order valence-electron chi connectivity index (χ4n) is 2.24. The Labute approximate surface area is 120 Å². The number of alkyl halides is 3. The summed E-state index contributed by atoms with van der Waals surface area (Å²) in [5, 5.41) is 0. The smallest absolute Gasteiger partial charge is 0.434 e. The standard InChI is InChI=1S/C13H16F3N3O2/c1-2-21-12(20)9-3-5-19(6-4-9)11-8-17-10(7-18-11)13(14,15)16/h7-9H,2-6H2,1H3. The summed E-state index contributed by atoms with van der Waals surface area (Å²) in [4.78, 5) is 20.6. The van der Waals surface area contributed by atoms with Gasteiger partial charge in [-0.05, 0) is 19.8 Å². The fourth-order valence-corrected chi connectivity index (χ4v) is 2.24. The highest BCUT2D eigenvalue weighted by atomic mass is 19.4. The highest BCUT2D eigenvalue weighted by Gasteiger charge is 2.33. The third-order valence-corrected chi connectivity index (χ3v) is 3.37. The van der Waals surface area contributed by atoms with E-state index in [1.54, 1.807) is 6.92 Å². The Bertz CT molecular complexity index is 482. The van der Waals surface area contributed by atoms with Crippen molar-refractivity contribution in [3.8, 4) is 0 Å². The molecular weight excluding hydrogens is 287 g/mol. The largest absolute Gasteiger partial charge is 0.466 e. The second kappa shape index (κ2) is 6.28. The number of rotatable bonds is 3. The predicted octanol–water partition coefficient (Wildman–Crippen LogP) is 2.27. The molecule has 1 fully saturated rings. The molecule has 0 spiro atoms. The van der Waals surface area contributed by atoms with Gasteiger partial charge in [-0.1, -0.05) is 0 Å². The van der Waals surface area contributed by atoms with Crippen LogP contribution in [0.4, 0.5) is 19.0 Å². The molecule has 0 atom stereocenters. The molecule has 1 saturated heterocycles. The van der Waals surface area contributed by atoms with Crippen LogP contribution in [0.1, 0.15) is 25.5 Å². The monoisotopic (exact) mass is 303 g/mol. The molecule has 0 N–H and O–H groups in total. The van der Waals surface area contributed by atoms with Gasteiger partial charge in [0.25, 0.3) is 0 Å². The quantitative estimate of drug-likeness (QED) is 0.802. The molecule has 8 heteroatoms. The van der Waals surface area contributed by atoms with E-state index in [0.717, 1.165) is 12.4 Å². The Morgan fingerprint density at radius 1 is 1.33 bits per heavy atom. The van der Waals surface area contributed by atoms with Gasteiger partial charge in [-0.3, -0.25) is 4.79 Å². The average Bonchev–Trinajstić information content (AvgIpc) is 2.47. The highest BCUT2D eigenvalue weighted by molar-refractivity contribution is 5.72. The van der Waals surface area contributed by atoms with Gasteiger partial charge in [-0.25, -0.2) is 9.97 Å². The molecule has 0 saturated carbocycles. The van der Waals surface area contributed by atoms with Crippen LogP contribution in [0.5, 0.6) is 0 Å². The van der Waals surface area contributed by atoms with Crippen LogP contribution in [-0.4, -0.2) is 35.6 Å². The van der Waals surface area contributed by atoms with Crippen LogP contribution in [0.2, 0.25) is 0 Å². The summed E-state index contributed by atoms with van der Waals surface area (Å²) in [5.74, 6) is 0.0320. The van der Waals surface area contributed by atoms with Gasteiger partial charge in [0, 0.05) is 13.1 Å². The van der Waals surface area contributed by atoms with Crippen molar-refractivity contribution in [1.82, 2.24) is 9.97 Å². The van der Waals surface area contributed by atoms with E-state index >= 15 is 0 Å². The van der Waals surface area contributed by atoms with Crippen LogP contribution in [-0.2, 0) is 15.7 Å². The lowest BCUT2D eigenvalue weighted by Gasteiger charge is -2.31. The van der Waals surface area contributed by atoms with E-state index in [0.29, 0.717) is 38.4 Å². The third kappa shape index (κ3) is 3.83. The van der Waals surface area contributed by atoms with Crippen molar-refractivity contribution < 1.29 is 22.7 Å². The normalized spacial score (nSPS) is 16.9. The number of aromatic nitrogens is 2. The van der Waals surface area contributed by atoms with Crippen molar-refractivity contribution in [1.29, 1.82) is 0 Å². The summed E-state index contributed by atoms with van der Waals surface area (Å²) in [6, 6.07) is 0. The van der Waals surface area contributed by atoms with Crippen molar-refractivity contribution in [2.24, 2.45) is 5.92 Å². The van der Waals surface area contributed by atoms with Crippen LogP contribution in [0.25, 0.3) is 0 Å². The molecule has 5 nitrogen and oxygen atoms in total. The Hall–Kier alpha value is -1.86. The zero-order valence-electron chi connectivity index (χ0n) is 11.6. The minimum Gasteiger partial charge on any atom is -0.466 e. The van der Waals surface area contributed by atoms with Gasteiger partial charge < -0.3 is 9.64 Å². The topological polar surface area (TPSA) is 55.3 Å². The van der Waals surface area contributed by atoms with Crippen molar-refractivity contribution in [2.75, 3.05) is 24.6 Å². The molecular formula is C13H16F3N3O2. The number of esters is 1. The molecule has 1 aliphatic heterocycles. The molecule has 2 rings (SSSR count). The van der Waals surface area contributed by atoms with E-state index < -0.39 is 11.9 Å². The van der Waals surface area contributed by atoms with Crippen LogP contribution >= 0.6 is 0 Å². The first-order chi connectivity index (χ1) is 9.91. The lowest BCUT2D eigenvalue weighted by molar-refractivity contribution is -0.148. The molecule has 0 radical (unpaired) electrons. The average molecular weight is 303 g/mol. The zero-order valence-corrected chi connectivity index (χ0v) is 11.6. The van der Waals surface area contributed by atoms with E-state index in [1.165, 1.54) is 0 Å². The minimum atomic E-state index is -4.48. The number of carbonyl (C=O) groups is 1. The van der Waals surface area contributed by atoms with Crippen LogP contribution < -0.4 is 4.90 Å². The van der Waals surface area contributed by atoms with Gasteiger partial charge in [0.15, 0.2) is 5.69 Å². The first-order valence-corrected chi connectivity index (χ1v) is 6.72. The Kier molecular flexibility index (Phi) is 4.64. The predicted molar refractivity (Wildman–Crippen MR) is 68.6 cm³/mol. The molecule has 1 aliphatic rings. The van der Waals surface area contributed by atoms with E-state index in [4.69, 9.17) is 4.74 Å². The Balaban J connectivity index is 1.95. The van der Waals surface area contributed by atoms with E-state index in [-0.39, 0.29) is 11.9 Å². The second-order valence-corrected chi connectivity index (χ2v) is 4.77. The maximum atomic E-state index is 12.4. The molecule has 0 aliphatic carbocycles. The zero-order chi connectivity index (χ0) is 15.5. The van der Waals surface area contributed by atoms with E-state index in [2.05, 4.69) is 9.97 Å². The van der Waals surface area contributed by atoms with Gasteiger partial charge in [0.2, 0.25) is 0 Å². The second-order valence-electron chi connectivity index (χ2n) is 4.77.